The van der Waals surface area contributed by atoms with Crippen LogP contribution < -0.4 is 5.32 Å². The number of carbonyl (C=O) groups is 1. The van der Waals surface area contributed by atoms with Gasteiger partial charge in [0.1, 0.15) is 6.04 Å². The Morgan fingerprint density at radius 3 is 2.85 bits per heavy atom. The van der Waals surface area contributed by atoms with Crippen molar-refractivity contribution in [1.29, 1.82) is 0 Å². The Labute approximate surface area is 168 Å². The number of fused-ring (bicyclic) bond motifs is 3. The summed E-state index contributed by atoms with van der Waals surface area (Å²) in [5, 5.41) is 5.78. The average molecular weight is 402 g/mol. The van der Waals surface area contributed by atoms with E-state index in [0.717, 1.165) is 33.6 Å². The second-order valence-electron chi connectivity index (χ2n) is 6.79. The molecule has 2 heterocycles. The van der Waals surface area contributed by atoms with Gasteiger partial charge in [0, 0.05) is 33.2 Å². The molecule has 1 aliphatic heterocycles. The van der Waals surface area contributed by atoms with E-state index in [0.29, 0.717) is 24.7 Å². The highest BCUT2D eigenvalue weighted by Crippen LogP contribution is 2.31. The Hall–Kier alpha value is -2.01. The summed E-state index contributed by atoms with van der Waals surface area (Å²) in [7, 11) is 0. The van der Waals surface area contributed by atoms with Crippen molar-refractivity contribution in [2.75, 3.05) is 13.1 Å². The fourth-order valence-electron chi connectivity index (χ4n) is 3.83. The standard InChI is InChI=1S/C21H21Cl2N3O/c1-2-24-20(15-5-3-4-6-17(15)23)21(27)26-10-9-14-16-11-13(22)7-8-18(16)25-19(14)12-26/h3-8,11,20,24-25H,2,9-10,12H2,1H3. The second-order valence-corrected chi connectivity index (χ2v) is 7.64. The highest BCUT2D eigenvalue weighted by Gasteiger charge is 2.30. The lowest BCUT2D eigenvalue weighted by Crippen LogP contribution is -2.43. The van der Waals surface area contributed by atoms with Crippen molar-refractivity contribution >= 4 is 40.0 Å². The monoisotopic (exact) mass is 401 g/mol. The van der Waals surface area contributed by atoms with Gasteiger partial charge in [-0.25, -0.2) is 0 Å². The summed E-state index contributed by atoms with van der Waals surface area (Å²) in [6.45, 7) is 3.92. The van der Waals surface area contributed by atoms with E-state index in [4.69, 9.17) is 23.2 Å². The zero-order chi connectivity index (χ0) is 19.0. The van der Waals surface area contributed by atoms with E-state index in [-0.39, 0.29) is 5.91 Å². The van der Waals surface area contributed by atoms with Crippen LogP contribution in [0.2, 0.25) is 10.0 Å². The molecule has 1 unspecified atom stereocenters. The molecule has 4 rings (SSSR count). The van der Waals surface area contributed by atoms with Gasteiger partial charge in [-0.15, -0.1) is 0 Å². The predicted molar refractivity (Wildman–Crippen MR) is 110 cm³/mol. The van der Waals surface area contributed by atoms with Gasteiger partial charge in [0.2, 0.25) is 5.91 Å². The van der Waals surface area contributed by atoms with Gasteiger partial charge in [-0.3, -0.25) is 4.79 Å². The van der Waals surface area contributed by atoms with Gasteiger partial charge in [-0.1, -0.05) is 48.3 Å². The number of benzene rings is 2. The maximum absolute atomic E-state index is 13.3. The fraction of sp³-hybridized carbons (Fsp3) is 0.286. The molecular weight excluding hydrogens is 381 g/mol. The van der Waals surface area contributed by atoms with Crippen molar-refractivity contribution in [3.8, 4) is 0 Å². The van der Waals surface area contributed by atoms with Crippen LogP contribution in [0.5, 0.6) is 0 Å². The zero-order valence-corrected chi connectivity index (χ0v) is 16.6. The lowest BCUT2D eigenvalue weighted by atomic mass is 10.0. The lowest BCUT2D eigenvalue weighted by molar-refractivity contribution is -0.134. The Morgan fingerprint density at radius 1 is 1.26 bits per heavy atom. The molecule has 1 amide bonds. The smallest absolute Gasteiger partial charge is 0.244 e. The average Bonchev–Trinajstić information content (AvgIpc) is 3.03. The summed E-state index contributed by atoms with van der Waals surface area (Å²) in [5.74, 6) is 0.0484. The molecule has 0 saturated heterocycles. The molecule has 0 radical (unpaired) electrons. The lowest BCUT2D eigenvalue weighted by Gasteiger charge is -2.31. The van der Waals surface area contributed by atoms with E-state index in [1.807, 2.05) is 54.3 Å². The summed E-state index contributed by atoms with van der Waals surface area (Å²) in [5.41, 5.74) is 4.23. The molecule has 0 spiro atoms. The van der Waals surface area contributed by atoms with Crippen molar-refractivity contribution in [3.05, 3.63) is 69.3 Å². The number of nitrogens with zero attached hydrogens (tertiary/aromatic N) is 1. The quantitative estimate of drug-likeness (QED) is 0.664. The van der Waals surface area contributed by atoms with Crippen molar-refractivity contribution in [3.63, 3.8) is 0 Å². The van der Waals surface area contributed by atoms with Gasteiger partial charge in [0.25, 0.3) is 0 Å². The fourth-order valence-corrected chi connectivity index (χ4v) is 4.24. The molecule has 0 aliphatic carbocycles. The maximum Gasteiger partial charge on any atom is 0.244 e. The minimum absolute atomic E-state index is 0.0484. The SMILES string of the molecule is CCNC(C(=O)N1CCc2c([nH]c3ccc(Cl)cc23)C1)c1ccccc1Cl. The Balaban J connectivity index is 1.63. The maximum atomic E-state index is 13.3. The molecule has 0 fully saturated rings. The minimum Gasteiger partial charge on any atom is -0.357 e. The summed E-state index contributed by atoms with van der Waals surface area (Å²) in [4.78, 5) is 18.6. The summed E-state index contributed by atoms with van der Waals surface area (Å²) >= 11 is 12.5. The van der Waals surface area contributed by atoms with Gasteiger partial charge < -0.3 is 15.2 Å². The van der Waals surface area contributed by atoms with Gasteiger partial charge in [0.15, 0.2) is 0 Å². The van der Waals surface area contributed by atoms with Gasteiger partial charge in [-0.05, 0) is 48.4 Å². The number of nitrogens with one attached hydrogen (secondary N) is 2. The predicted octanol–water partition coefficient (Wildman–Crippen LogP) is 4.71. The summed E-state index contributed by atoms with van der Waals surface area (Å²) < 4.78 is 0. The van der Waals surface area contributed by atoms with E-state index < -0.39 is 6.04 Å². The second kappa shape index (κ2) is 7.55. The number of likely N-dealkylation sites (N-methyl/N-ethyl adjacent to an activating group) is 1. The number of H-pyrrole nitrogens is 1. The number of aromatic nitrogens is 1. The number of halogens is 2. The van der Waals surface area contributed by atoms with Crippen LogP contribution in [-0.4, -0.2) is 28.9 Å². The first-order valence-corrected chi connectivity index (χ1v) is 9.89. The summed E-state index contributed by atoms with van der Waals surface area (Å²) in [6.07, 6.45) is 0.808. The van der Waals surface area contributed by atoms with Crippen LogP contribution in [0.1, 0.15) is 29.8 Å². The van der Waals surface area contributed by atoms with E-state index in [1.165, 1.54) is 5.56 Å². The van der Waals surface area contributed by atoms with Crippen LogP contribution in [0.3, 0.4) is 0 Å². The number of carbonyl (C=O) groups excluding carboxylic acids is 1. The normalized spacial score (nSPS) is 15.0. The number of rotatable bonds is 4. The van der Waals surface area contributed by atoms with Gasteiger partial charge >= 0.3 is 0 Å². The summed E-state index contributed by atoms with van der Waals surface area (Å²) in [6, 6.07) is 13.0. The molecule has 1 atom stereocenters. The number of hydrogen-bond acceptors (Lipinski definition) is 2. The van der Waals surface area contributed by atoms with Gasteiger partial charge in [-0.2, -0.15) is 0 Å². The topological polar surface area (TPSA) is 48.1 Å². The molecule has 1 aromatic heterocycles. The minimum atomic E-state index is -0.441. The Kier molecular flexibility index (Phi) is 5.13. The molecule has 6 heteroatoms. The molecular formula is C21H21Cl2N3O. The Morgan fingerprint density at radius 2 is 2.07 bits per heavy atom. The van der Waals surface area contributed by atoms with Crippen LogP contribution in [0.15, 0.2) is 42.5 Å². The molecule has 0 bridgehead atoms. The third-order valence-electron chi connectivity index (χ3n) is 5.12. The number of amides is 1. The molecule has 140 valence electrons. The highest BCUT2D eigenvalue weighted by molar-refractivity contribution is 6.31. The first-order valence-electron chi connectivity index (χ1n) is 9.14. The van der Waals surface area contributed by atoms with Crippen molar-refractivity contribution in [2.45, 2.75) is 25.9 Å². The van der Waals surface area contributed by atoms with Crippen LogP contribution in [0.4, 0.5) is 0 Å². The highest BCUT2D eigenvalue weighted by atomic mass is 35.5. The largest absolute Gasteiger partial charge is 0.357 e. The van der Waals surface area contributed by atoms with Crippen LogP contribution in [0.25, 0.3) is 10.9 Å². The van der Waals surface area contributed by atoms with E-state index in [1.54, 1.807) is 0 Å². The van der Waals surface area contributed by atoms with Crippen molar-refractivity contribution < 1.29 is 4.79 Å². The molecule has 4 nitrogen and oxygen atoms in total. The molecule has 3 aromatic rings. The molecule has 27 heavy (non-hydrogen) atoms. The van der Waals surface area contributed by atoms with Gasteiger partial charge in [0.05, 0.1) is 6.54 Å². The molecule has 1 aliphatic rings. The number of aromatic amines is 1. The molecule has 2 N–H and O–H groups in total. The van der Waals surface area contributed by atoms with Crippen LogP contribution in [-0.2, 0) is 17.8 Å². The third-order valence-corrected chi connectivity index (χ3v) is 5.70. The van der Waals surface area contributed by atoms with E-state index in [9.17, 15) is 4.79 Å². The van der Waals surface area contributed by atoms with Crippen molar-refractivity contribution in [2.24, 2.45) is 0 Å². The first kappa shape index (κ1) is 18.4. The first-order chi connectivity index (χ1) is 13.1. The van der Waals surface area contributed by atoms with Crippen LogP contribution in [0, 0.1) is 0 Å². The zero-order valence-electron chi connectivity index (χ0n) is 15.1. The van der Waals surface area contributed by atoms with Crippen molar-refractivity contribution in [1.82, 2.24) is 15.2 Å². The Bertz CT molecular complexity index is 998. The van der Waals surface area contributed by atoms with Crippen LogP contribution >= 0.6 is 23.2 Å². The molecule has 0 saturated carbocycles. The third kappa shape index (κ3) is 3.45. The number of hydrogen-bond donors (Lipinski definition) is 2. The van der Waals surface area contributed by atoms with E-state index in [2.05, 4.69) is 10.3 Å². The molecule has 2 aromatic carbocycles. The van der Waals surface area contributed by atoms with E-state index >= 15 is 0 Å².